The third kappa shape index (κ3) is 3.47. The molecule has 1 aromatic heterocycles. The summed E-state index contributed by atoms with van der Waals surface area (Å²) in [6, 6.07) is 7.31. The van der Waals surface area contributed by atoms with E-state index in [1.165, 1.54) is 0 Å². The van der Waals surface area contributed by atoms with Gasteiger partial charge in [-0.15, -0.1) is 11.8 Å². The topological polar surface area (TPSA) is 68.5 Å². The number of aromatic nitrogens is 2. The predicted octanol–water partition coefficient (Wildman–Crippen LogP) is 3.13. The van der Waals surface area contributed by atoms with E-state index < -0.39 is 0 Å². The predicted molar refractivity (Wildman–Crippen MR) is 91.2 cm³/mol. The van der Waals surface area contributed by atoms with Crippen LogP contribution in [0.2, 0.25) is 0 Å². The molecule has 0 spiro atoms. The molecule has 0 saturated carbocycles. The Balaban J connectivity index is 1.83. The number of carbonyl (C=O) groups excluding carboxylic acids is 1. The van der Waals surface area contributed by atoms with Crippen molar-refractivity contribution < 1.29 is 14.1 Å². The molecule has 1 aromatic carbocycles. The molecule has 24 heavy (non-hydrogen) atoms. The third-order valence-electron chi connectivity index (χ3n) is 3.98. The number of hydrogen-bond donors (Lipinski definition) is 0. The summed E-state index contributed by atoms with van der Waals surface area (Å²) < 4.78 is 10.8. The van der Waals surface area contributed by atoms with Gasteiger partial charge in [0.2, 0.25) is 5.89 Å². The van der Waals surface area contributed by atoms with Gasteiger partial charge in [-0.05, 0) is 30.5 Å². The Kier molecular flexibility index (Phi) is 5.20. The minimum atomic E-state index is -0.317. The molecule has 6 nitrogen and oxygen atoms in total. The Hall–Kier alpha value is -1.86. The van der Waals surface area contributed by atoms with E-state index in [2.05, 4.69) is 10.1 Å². The van der Waals surface area contributed by atoms with Gasteiger partial charge in [-0.25, -0.2) is 0 Å². The van der Waals surface area contributed by atoms with Crippen molar-refractivity contribution >= 4 is 17.7 Å². The largest absolute Gasteiger partial charge is 0.377 e. The monoisotopic (exact) mass is 347 g/mol. The Morgan fingerprint density at radius 2 is 2.08 bits per heavy atom. The molecule has 1 atom stereocenters. The number of benzene rings is 1. The first-order chi connectivity index (χ1) is 11.6. The van der Waals surface area contributed by atoms with Crippen LogP contribution in [0.15, 0.2) is 33.7 Å². The second kappa shape index (κ2) is 7.36. The summed E-state index contributed by atoms with van der Waals surface area (Å²) in [7, 11) is 0. The summed E-state index contributed by atoms with van der Waals surface area (Å²) >= 11 is 1.65. The number of thioether (sulfide) groups is 1. The first-order valence-corrected chi connectivity index (χ1v) is 9.19. The van der Waals surface area contributed by atoms with Crippen molar-refractivity contribution in [2.45, 2.75) is 30.7 Å². The van der Waals surface area contributed by atoms with Crippen LogP contribution in [0.5, 0.6) is 0 Å². The van der Waals surface area contributed by atoms with E-state index in [1.54, 1.807) is 16.7 Å². The molecule has 1 amide bonds. The van der Waals surface area contributed by atoms with Gasteiger partial charge in [0.25, 0.3) is 5.91 Å². The zero-order chi connectivity index (χ0) is 17.1. The van der Waals surface area contributed by atoms with E-state index in [1.807, 2.05) is 44.4 Å². The Labute approximate surface area is 145 Å². The summed E-state index contributed by atoms with van der Waals surface area (Å²) in [5.41, 5.74) is 0.660. The lowest BCUT2D eigenvalue weighted by Crippen LogP contribution is -2.43. The SMILES string of the molecule is CSc1ccc(C(=O)N2CCOC[C@H]2c2noc(C(C)C)n2)cc1. The van der Waals surface area contributed by atoms with E-state index in [0.29, 0.717) is 37.0 Å². The number of carbonyl (C=O) groups is 1. The molecular formula is C17H21N3O3S. The van der Waals surface area contributed by atoms with Crippen molar-refractivity contribution in [2.24, 2.45) is 0 Å². The van der Waals surface area contributed by atoms with Crippen molar-refractivity contribution in [3.8, 4) is 0 Å². The maximum Gasteiger partial charge on any atom is 0.254 e. The van der Waals surface area contributed by atoms with Crippen LogP contribution in [-0.4, -0.2) is 47.0 Å². The number of morpholine rings is 1. The fourth-order valence-electron chi connectivity index (χ4n) is 2.58. The molecule has 1 aliphatic rings. The molecule has 3 rings (SSSR count). The second-order valence-electron chi connectivity index (χ2n) is 5.96. The molecule has 2 aromatic rings. The second-order valence-corrected chi connectivity index (χ2v) is 6.84. The summed E-state index contributed by atoms with van der Waals surface area (Å²) in [6.07, 6.45) is 2.01. The first kappa shape index (κ1) is 17.0. The van der Waals surface area contributed by atoms with Crippen molar-refractivity contribution in [1.82, 2.24) is 15.0 Å². The van der Waals surface area contributed by atoms with Crippen LogP contribution in [0, 0.1) is 0 Å². The van der Waals surface area contributed by atoms with Crippen LogP contribution in [0.1, 0.15) is 47.9 Å². The van der Waals surface area contributed by atoms with Crippen molar-refractivity contribution in [1.29, 1.82) is 0 Å². The molecule has 0 N–H and O–H groups in total. The molecule has 1 saturated heterocycles. The first-order valence-electron chi connectivity index (χ1n) is 7.96. The molecule has 2 heterocycles. The Morgan fingerprint density at radius 3 is 2.71 bits per heavy atom. The zero-order valence-corrected chi connectivity index (χ0v) is 14.9. The average molecular weight is 347 g/mol. The van der Waals surface area contributed by atoms with Gasteiger partial charge >= 0.3 is 0 Å². The maximum absolute atomic E-state index is 12.9. The number of amides is 1. The Morgan fingerprint density at radius 1 is 1.33 bits per heavy atom. The summed E-state index contributed by atoms with van der Waals surface area (Å²) in [5, 5.41) is 4.05. The van der Waals surface area contributed by atoms with Crippen molar-refractivity contribution in [2.75, 3.05) is 26.0 Å². The number of nitrogens with zero attached hydrogens (tertiary/aromatic N) is 3. The number of ether oxygens (including phenoxy) is 1. The molecule has 0 radical (unpaired) electrons. The lowest BCUT2D eigenvalue weighted by atomic mass is 10.1. The highest BCUT2D eigenvalue weighted by Gasteiger charge is 2.33. The van der Waals surface area contributed by atoms with E-state index in [4.69, 9.17) is 9.26 Å². The average Bonchev–Trinajstić information content (AvgIpc) is 3.11. The van der Waals surface area contributed by atoms with Crippen LogP contribution in [0.4, 0.5) is 0 Å². The third-order valence-corrected chi connectivity index (χ3v) is 4.72. The molecule has 1 aliphatic heterocycles. The molecule has 1 fully saturated rings. The lowest BCUT2D eigenvalue weighted by Gasteiger charge is -2.33. The van der Waals surface area contributed by atoms with E-state index >= 15 is 0 Å². The van der Waals surface area contributed by atoms with E-state index in [-0.39, 0.29) is 17.9 Å². The fraction of sp³-hybridized carbons (Fsp3) is 0.471. The normalized spacial score (nSPS) is 18.2. The smallest absolute Gasteiger partial charge is 0.254 e. The van der Waals surface area contributed by atoms with E-state index in [0.717, 1.165) is 4.90 Å². The van der Waals surface area contributed by atoms with Gasteiger partial charge in [-0.2, -0.15) is 4.98 Å². The van der Waals surface area contributed by atoms with Crippen LogP contribution in [0.25, 0.3) is 0 Å². The Bertz CT molecular complexity index is 699. The standard InChI is InChI=1S/C17H21N3O3S/c1-11(2)16-18-15(19-23-16)14-10-22-9-8-20(14)17(21)12-4-6-13(24-3)7-5-12/h4-7,11,14H,8-10H2,1-3H3/t14-/m0/s1. The summed E-state index contributed by atoms with van der Waals surface area (Å²) in [5.74, 6) is 1.20. The molecular weight excluding hydrogens is 326 g/mol. The number of rotatable bonds is 4. The quantitative estimate of drug-likeness (QED) is 0.792. The van der Waals surface area contributed by atoms with Gasteiger partial charge in [-0.1, -0.05) is 19.0 Å². The minimum absolute atomic E-state index is 0.0353. The highest BCUT2D eigenvalue weighted by Crippen LogP contribution is 2.26. The van der Waals surface area contributed by atoms with Gasteiger partial charge in [0.05, 0.1) is 13.2 Å². The van der Waals surface area contributed by atoms with Crippen LogP contribution < -0.4 is 0 Å². The van der Waals surface area contributed by atoms with Crippen molar-refractivity contribution in [3.63, 3.8) is 0 Å². The van der Waals surface area contributed by atoms with Gasteiger partial charge < -0.3 is 14.2 Å². The lowest BCUT2D eigenvalue weighted by molar-refractivity contribution is -0.00577. The van der Waals surface area contributed by atoms with Gasteiger partial charge in [-0.3, -0.25) is 4.79 Å². The zero-order valence-electron chi connectivity index (χ0n) is 14.1. The highest BCUT2D eigenvalue weighted by atomic mass is 32.2. The molecule has 0 bridgehead atoms. The fourth-order valence-corrected chi connectivity index (χ4v) is 2.99. The van der Waals surface area contributed by atoms with Gasteiger partial charge in [0, 0.05) is 22.9 Å². The summed E-state index contributed by atoms with van der Waals surface area (Å²) in [4.78, 5) is 20.2. The minimum Gasteiger partial charge on any atom is -0.377 e. The highest BCUT2D eigenvalue weighted by molar-refractivity contribution is 7.98. The molecule has 0 aliphatic carbocycles. The van der Waals surface area contributed by atoms with Gasteiger partial charge in [0.15, 0.2) is 5.82 Å². The molecule has 7 heteroatoms. The molecule has 0 unspecified atom stereocenters. The van der Waals surface area contributed by atoms with E-state index in [9.17, 15) is 4.79 Å². The maximum atomic E-state index is 12.9. The van der Waals surface area contributed by atoms with Crippen molar-refractivity contribution in [3.05, 3.63) is 41.5 Å². The number of hydrogen-bond acceptors (Lipinski definition) is 6. The molecule has 128 valence electrons. The van der Waals surface area contributed by atoms with Crippen LogP contribution >= 0.6 is 11.8 Å². The van der Waals surface area contributed by atoms with Crippen LogP contribution in [0.3, 0.4) is 0 Å². The van der Waals surface area contributed by atoms with Crippen LogP contribution in [-0.2, 0) is 4.74 Å². The summed E-state index contributed by atoms with van der Waals surface area (Å²) in [6.45, 7) is 5.39. The van der Waals surface area contributed by atoms with Gasteiger partial charge in [0.1, 0.15) is 6.04 Å².